The average molecular weight is 406 g/mol. The van der Waals surface area contributed by atoms with Gasteiger partial charge in [0.25, 0.3) is 5.56 Å². The molecule has 0 spiro atoms. The van der Waals surface area contributed by atoms with Crippen LogP contribution in [0.5, 0.6) is 0 Å². The van der Waals surface area contributed by atoms with Crippen LogP contribution < -0.4 is 11.3 Å². The van der Waals surface area contributed by atoms with Crippen molar-refractivity contribution in [2.24, 2.45) is 0 Å². The third-order valence-corrected chi connectivity index (χ3v) is 4.93. The van der Waals surface area contributed by atoms with Gasteiger partial charge in [-0.3, -0.25) is 4.79 Å². The third kappa shape index (κ3) is 3.82. The molecule has 3 rings (SSSR count). The van der Waals surface area contributed by atoms with Gasteiger partial charge < -0.3 is 20.9 Å². The van der Waals surface area contributed by atoms with Gasteiger partial charge in [0.1, 0.15) is 16.9 Å². The van der Waals surface area contributed by atoms with Gasteiger partial charge in [-0.1, -0.05) is 69.3 Å². The Balaban J connectivity index is 2.12. The lowest BCUT2D eigenvalue weighted by Gasteiger charge is -2.19. The number of aromatic nitrogens is 1. The number of carbonyl (C=O) groups is 2. The summed E-state index contributed by atoms with van der Waals surface area (Å²) < 4.78 is 0. The number of nitrogen functional groups attached to an aromatic ring is 1. The number of hydrogen-bond donors (Lipinski definition) is 4. The number of rotatable bonds is 4. The average Bonchev–Trinajstić information content (AvgIpc) is 2.66. The van der Waals surface area contributed by atoms with Crippen LogP contribution in [-0.2, 0) is 5.41 Å². The van der Waals surface area contributed by atoms with Gasteiger partial charge in [-0.05, 0) is 27.7 Å². The summed E-state index contributed by atoms with van der Waals surface area (Å²) in [4.78, 5) is 37.6. The first-order valence-electron chi connectivity index (χ1n) is 9.24. The highest BCUT2D eigenvalue weighted by molar-refractivity contribution is 6.07. The van der Waals surface area contributed by atoms with Crippen molar-refractivity contribution in [2.75, 3.05) is 5.73 Å². The van der Waals surface area contributed by atoms with Crippen molar-refractivity contribution < 1.29 is 19.8 Å². The number of H-pyrrole nitrogens is 1. The van der Waals surface area contributed by atoms with E-state index >= 15 is 0 Å². The molecule has 7 nitrogen and oxygen atoms in total. The van der Waals surface area contributed by atoms with Crippen LogP contribution in [0.1, 0.15) is 47.1 Å². The van der Waals surface area contributed by atoms with Crippen molar-refractivity contribution in [1.82, 2.24) is 4.98 Å². The summed E-state index contributed by atoms with van der Waals surface area (Å²) in [6.45, 7) is 6.39. The number of pyridine rings is 1. The number of hydrogen-bond acceptors (Lipinski definition) is 4. The first-order valence-corrected chi connectivity index (χ1v) is 9.24. The van der Waals surface area contributed by atoms with Crippen molar-refractivity contribution in [3.63, 3.8) is 0 Å². The van der Waals surface area contributed by atoms with Crippen LogP contribution in [-0.4, -0.2) is 27.1 Å². The van der Waals surface area contributed by atoms with Gasteiger partial charge in [0.15, 0.2) is 0 Å². The lowest BCUT2D eigenvalue weighted by Crippen LogP contribution is -2.24. The molecule has 0 aliphatic carbocycles. The number of aromatic amines is 1. The predicted molar refractivity (Wildman–Crippen MR) is 115 cm³/mol. The van der Waals surface area contributed by atoms with Gasteiger partial charge in [-0.25, -0.2) is 9.59 Å². The molecule has 7 heteroatoms. The summed E-state index contributed by atoms with van der Waals surface area (Å²) in [5.74, 6) is -3.35. The molecule has 1 aromatic heterocycles. The SMILES string of the molecule is CC(C)(C)c1ccc(-c2ccc(-c3c(C(=O)O)c(N)[nH]c(=O)c3C(=O)O)cc2)cc1. The molecule has 2 aromatic carbocycles. The molecule has 0 amide bonds. The predicted octanol–water partition coefficient (Wildman–Crippen LogP) is 3.99. The second kappa shape index (κ2) is 7.51. The Bertz CT molecular complexity index is 1180. The molecular formula is C23H22N2O5. The normalized spacial score (nSPS) is 11.3. The second-order valence-electron chi connectivity index (χ2n) is 8.01. The zero-order valence-electron chi connectivity index (χ0n) is 16.8. The van der Waals surface area contributed by atoms with E-state index in [9.17, 15) is 24.6 Å². The minimum absolute atomic E-state index is 0.0309. The molecule has 0 fully saturated rings. The first-order chi connectivity index (χ1) is 14.0. The highest BCUT2D eigenvalue weighted by Crippen LogP contribution is 2.32. The lowest BCUT2D eigenvalue weighted by atomic mass is 9.86. The van der Waals surface area contributed by atoms with E-state index in [0.717, 1.165) is 11.1 Å². The van der Waals surface area contributed by atoms with Gasteiger partial charge in [0, 0.05) is 5.56 Å². The quantitative estimate of drug-likeness (QED) is 0.518. The molecule has 30 heavy (non-hydrogen) atoms. The van der Waals surface area contributed by atoms with Crippen molar-refractivity contribution in [2.45, 2.75) is 26.2 Å². The molecule has 5 N–H and O–H groups in total. The van der Waals surface area contributed by atoms with Crippen molar-refractivity contribution in [3.8, 4) is 22.3 Å². The summed E-state index contributed by atoms with van der Waals surface area (Å²) >= 11 is 0. The summed E-state index contributed by atoms with van der Waals surface area (Å²) in [5, 5.41) is 19.0. The highest BCUT2D eigenvalue weighted by Gasteiger charge is 2.26. The van der Waals surface area contributed by atoms with Crippen LogP contribution in [0.3, 0.4) is 0 Å². The van der Waals surface area contributed by atoms with Crippen molar-refractivity contribution in [1.29, 1.82) is 0 Å². The van der Waals surface area contributed by atoms with Crippen LogP contribution in [0.25, 0.3) is 22.3 Å². The molecule has 0 aliphatic heterocycles. The fraction of sp³-hybridized carbons (Fsp3) is 0.174. The largest absolute Gasteiger partial charge is 0.478 e. The van der Waals surface area contributed by atoms with Crippen LogP contribution in [0, 0.1) is 0 Å². The van der Waals surface area contributed by atoms with E-state index < -0.39 is 34.4 Å². The zero-order valence-corrected chi connectivity index (χ0v) is 16.8. The van der Waals surface area contributed by atoms with Crippen LogP contribution in [0.15, 0.2) is 53.3 Å². The number of benzene rings is 2. The fourth-order valence-corrected chi connectivity index (χ4v) is 3.33. The molecule has 0 saturated carbocycles. The summed E-state index contributed by atoms with van der Waals surface area (Å²) in [6, 6.07) is 14.7. The van der Waals surface area contributed by atoms with Crippen LogP contribution in [0.4, 0.5) is 5.82 Å². The summed E-state index contributed by atoms with van der Waals surface area (Å²) in [7, 11) is 0. The van der Waals surface area contributed by atoms with Gasteiger partial charge in [0.2, 0.25) is 0 Å². The van der Waals surface area contributed by atoms with E-state index in [1.54, 1.807) is 24.3 Å². The molecule has 0 atom stereocenters. The Morgan fingerprint density at radius 3 is 1.67 bits per heavy atom. The first kappa shape index (κ1) is 20.9. The van der Waals surface area contributed by atoms with Gasteiger partial charge in [0.05, 0.1) is 0 Å². The fourth-order valence-electron chi connectivity index (χ4n) is 3.33. The van der Waals surface area contributed by atoms with E-state index in [1.807, 2.05) is 24.3 Å². The molecule has 0 unspecified atom stereocenters. The Morgan fingerprint density at radius 1 is 0.800 bits per heavy atom. The topological polar surface area (TPSA) is 133 Å². The molecule has 3 aromatic rings. The number of nitrogens with one attached hydrogen (secondary N) is 1. The van der Waals surface area contributed by atoms with Crippen molar-refractivity contribution in [3.05, 3.63) is 75.6 Å². The minimum atomic E-state index is -1.53. The number of carboxylic acid groups (broad SMARTS) is 2. The maximum Gasteiger partial charge on any atom is 0.342 e. The summed E-state index contributed by atoms with van der Waals surface area (Å²) in [6.07, 6.45) is 0. The Hall–Kier alpha value is -3.87. The maximum atomic E-state index is 12.1. The van der Waals surface area contributed by atoms with Gasteiger partial charge in [-0.2, -0.15) is 0 Å². The van der Waals surface area contributed by atoms with E-state index in [4.69, 9.17) is 5.73 Å². The van der Waals surface area contributed by atoms with Gasteiger partial charge >= 0.3 is 11.9 Å². The number of aromatic carboxylic acids is 2. The number of carboxylic acids is 2. The molecule has 0 bridgehead atoms. The number of anilines is 1. The summed E-state index contributed by atoms with van der Waals surface area (Å²) in [5.41, 5.74) is 6.71. The molecule has 0 aliphatic rings. The second-order valence-corrected chi connectivity index (χ2v) is 8.01. The third-order valence-electron chi connectivity index (χ3n) is 4.93. The van der Waals surface area contributed by atoms with Crippen LogP contribution >= 0.6 is 0 Å². The minimum Gasteiger partial charge on any atom is -0.478 e. The monoisotopic (exact) mass is 406 g/mol. The lowest BCUT2D eigenvalue weighted by molar-refractivity contribution is 0.0695. The van der Waals surface area contributed by atoms with Gasteiger partial charge in [-0.15, -0.1) is 0 Å². The molecule has 1 heterocycles. The molecular weight excluding hydrogens is 384 g/mol. The molecule has 0 radical (unpaired) electrons. The van der Waals surface area contributed by atoms with E-state index in [-0.39, 0.29) is 16.5 Å². The Kier molecular flexibility index (Phi) is 5.22. The van der Waals surface area contributed by atoms with E-state index in [1.165, 1.54) is 5.56 Å². The smallest absolute Gasteiger partial charge is 0.342 e. The molecule has 0 saturated heterocycles. The van der Waals surface area contributed by atoms with E-state index in [2.05, 4.69) is 25.8 Å². The highest BCUT2D eigenvalue weighted by atomic mass is 16.4. The maximum absolute atomic E-state index is 12.1. The van der Waals surface area contributed by atoms with Crippen molar-refractivity contribution >= 4 is 17.8 Å². The Morgan fingerprint density at radius 2 is 1.23 bits per heavy atom. The standard InChI is InChI=1S/C23H22N2O5/c1-23(2,3)15-10-8-13(9-11-15)12-4-6-14(7-5-12)16-17(21(27)28)19(24)25-20(26)18(16)22(29)30/h4-11H,1-3H3,(H,27,28)(H,29,30)(H3,24,25,26). The zero-order chi connectivity index (χ0) is 22.2. The van der Waals surface area contributed by atoms with E-state index in [0.29, 0.717) is 0 Å². The number of nitrogens with two attached hydrogens (primary N) is 1. The van der Waals surface area contributed by atoms with Crippen LogP contribution in [0.2, 0.25) is 0 Å². The molecule has 154 valence electrons. The Labute approximate surface area is 172 Å².